The van der Waals surface area contributed by atoms with E-state index in [2.05, 4.69) is 20.7 Å². The molecule has 1 aliphatic rings. The van der Waals surface area contributed by atoms with Crippen molar-refractivity contribution in [3.05, 3.63) is 11.8 Å². The summed E-state index contributed by atoms with van der Waals surface area (Å²) in [6, 6.07) is 1.71. The second-order valence-corrected chi connectivity index (χ2v) is 4.25. The molecule has 2 heterocycles. The second-order valence-electron chi connectivity index (χ2n) is 4.25. The Labute approximate surface area is 112 Å². The minimum Gasteiger partial charge on any atom is -0.360 e. The molecule has 0 radical (unpaired) electrons. The third-order valence-electron chi connectivity index (χ3n) is 2.70. The minimum absolute atomic E-state index is 0. The SMILES string of the molecule is Cc1cc(NC(=O)CN2CCCNCC2)no1.Cl. The van der Waals surface area contributed by atoms with Crippen molar-refractivity contribution in [2.24, 2.45) is 0 Å². The molecule has 1 saturated heterocycles. The summed E-state index contributed by atoms with van der Waals surface area (Å²) in [6.07, 6.45) is 1.08. The predicted molar refractivity (Wildman–Crippen MR) is 71.0 cm³/mol. The summed E-state index contributed by atoms with van der Waals surface area (Å²) in [5.41, 5.74) is 0. The summed E-state index contributed by atoms with van der Waals surface area (Å²) >= 11 is 0. The first-order valence-corrected chi connectivity index (χ1v) is 5.90. The predicted octanol–water partition coefficient (Wildman–Crippen LogP) is 0.639. The highest BCUT2D eigenvalue weighted by Crippen LogP contribution is 2.07. The Hall–Kier alpha value is -1.11. The van der Waals surface area contributed by atoms with Crippen molar-refractivity contribution in [1.82, 2.24) is 15.4 Å². The summed E-state index contributed by atoms with van der Waals surface area (Å²) in [5, 5.41) is 9.76. The van der Waals surface area contributed by atoms with E-state index in [0.717, 1.165) is 32.6 Å². The fraction of sp³-hybridized carbons (Fsp3) is 0.636. The van der Waals surface area contributed by atoms with Gasteiger partial charge in [-0.05, 0) is 26.4 Å². The van der Waals surface area contributed by atoms with E-state index in [1.54, 1.807) is 13.0 Å². The first-order valence-electron chi connectivity index (χ1n) is 5.90. The third-order valence-corrected chi connectivity index (χ3v) is 2.70. The van der Waals surface area contributed by atoms with Crippen LogP contribution in [0.3, 0.4) is 0 Å². The molecule has 7 heteroatoms. The van der Waals surface area contributed by atoms with Gasteiger partial charge in [0.05, 0.1) is 6.54 Å². The highest BCUT2D eigenvalue weighted by molar-refractivity contribution is 5.91. The lowest BCUT2D eigenvalue weighted by molar-refractivity contribution is -0.117. The molecule has 6 nitrogen and oxygen atoms in total. The number of aromatic nitrogens is 1. The normalized spacial score (nSPS) is 16.7. The van der Waals surface area contributed by atoms with Gasteiger partial charge in [-0.1, -0.05) is 5.16 Å². The molecule has 0 bridgehead atoms. The zero-order valence-electron chi connectivity index (χ0n) is 10.4. The number of nitrogens with zero attached hydrogens (tertiary/aromatic N) is 2. The Bertz CT molecular complexity index is 375. The van der Waals surface area contributed by atoms with Crippen LogP contribution >= 0.6 is 12.4 Å². The number of carbonyl (C=O) groups excluding carboxylic acids is 1. The number of nitrogens with one attached hydrogen (secondary N) is 2. The molecule has 1 aliphatic heterocycles. The van der Waals surface area contributed by atoms with Crippen LogP contribution in [0.4, 0.5) is 5.82 Å². The van der Waals surface area contributed by atoms with Crippen molar-refractivity contribution in [2.45, 2.75) is 13.3 Å². The Balaban J connectivity index is 0.00000162. The minimum atomic E-state index is -0.0415. The molecule has 0 aromatic carbocycles. The first kappa shape index (κ1) is 14.9. The van der Waals surface area contributed by atoms with Gasteiger partial charge in [-0.25, -0.2) is 0 Å². The van der Waals surface area contributed by atoms with E-state index < -0.39 is 0 Å². The van der Waals surface area contributed by atoms with Gasteiger partial charge in [0, 0.05) is 19.2 Å². The van der Waals surface area contributed by atoms with Crippen LogP contribution in [0.5, 0.6) is 0 Å². The van der Waals surface area contributed by atoms with Crippen LogP contribution in [0.1, 0.15) is 12.2 Å². The van der Waals surface area contributed by atoms with Crippen molar-refractivity contribution in [1.29, 1.82) is 0 Å². The molecule has 1 fully saturated rings. The van der Waals surface area contributed by atoms with Crippen molar-refractivity contribution in [2.75, 3.05) is 38.0 Å². The van der Waals surface area contributed by atoms with Crippen molar-refractivity contribution >= 4 is 24.1 Å². The van der Waals surface area contributed by atoms with Gasteiger partial charge < -0.3 is 15.2 Å². The van der Waals surface area contributed by atoms with Crippen LogP contribution in [0.15, 0.2) is 10.6 Å². The van der Waals surface area contributed by atoms with E-state index in [1.165, 1.54) is 0 Å². The molecule has 1 aromatic heterocycles. The van der Waals surface area contributed by atoms with Crippen molar-refractivity contribution < 1.29 is 9.32 Å². The summed E-state index contributed by atoms with van der Waals surface area (Å²) < 4.78 is 4.89. The zero-order valence-corrected chi connectivity index (χ0v) is 11.3. The van der Waals surface area contributed by atoms with E-state index in [-0.39, 0.29) is 18.3 Å². The smallest absolute Gasteiger partial charge is 0.239 e. The standard InChI is InChI=1S/C11H18N4O2.ClH/c1-9-7-10(14-17-9)13-11(16)8-15-5-2-3-12-4-6-15;/h7,12H,2-6,8H2,1H3,(H,13,14,16);1H. The molecular formula is C11H19ClN4O2. The van der Waals surface area contributed by atoms with Crippen molar-refractivity contribution in [3.8, 4) is 0 Å². The molecule has 18 heavy (non-hydrogen) atoms. The largest absolute Gasteiger partial charge is 0.360 e. The number of hydrogen-bond donors (Lipinski definition) is 2. The van der Waals surface area contributed by atoms with Gasteiger partial charge in [0.25, 0.3) is 0 Å². The third kappa shape index (κ3) is 4.64. The molecule has 0 atom stereocenters. The van der Waals surface area contributed by atoms with E-state index in [0.29, 0.717) is 18.1 Å². The van der Waals surface area contributed by atoms with Gasteiger partial charge in [-0.2, -0.15) is 0 Å². The van der Waals surface area contributed by atoms with Crippen LogP contribution in [-0.2, 0) is 4.79 Å². The fourth-order valence-corrected chi connectivity index (χ4v) is 1.87. The monoisotopic (exact) mass is 274 g/mol. The van der Waals surface area contributed by atoms with Gasteiger partial charge in [0.15, 0.2) is 5.82 Å². The maximum absolute atomic E-state index is 11.7. The topological polar surface area (TPSA) is 70.4 Å². The number of anilines is 1. The Morgan fingerprint density at radius 2 is 2.39 bits per heavy atom. The average Bonchev–Trinajstić information content (AvgIpc) is 2.53. The maximum atomic E-state index is 11.7. The van der Waals surface area contributed by atoms with Gasteiger partial charge >= 0.3 is 0 Å². The molecule has 0 spiro atoms. The number of rotatable bonds is 3. The second kappa shape index (κ2) is 7.35. The van der Waals surface area contributed by atoms with Crippen LogP contribution < -0.4 is 10.6 Å². The van der Waals surface area contributed by atoms with Crippen LogP contribution in [0, 0.1) is 6.92 Å². The van der Waals surface area contributed by atoms with Gasteiger partial charge in [0.2, 0.25) is 5.91 Å². The van der Waals surface area contributed by atoms with Crippen molar-refractivity contribution in [3.63, 3.8) is 0 Å². The fourth-order valence-electron chi connectivity index (χ4n) is 1.87. The van der Waals surface area contributed by atoms with Gasteiger partial charge in [-0.3, -0.25) is 9.69 Å². The summed E-state index contributed by atoms with van der Waals surface area (Å²) in [4.78, 5) is 13.9. The molecule has 2 N–H and O–H groups in total. The quantitative estimate of drug-likeness (QED) is 0.846. The molecule has 0 saturated carbocycles. The van der Waals surface area contributed by atoms with Crippen LogP contribution in [0.2, 0.25) is 0 Å². The lowest BCUT2D eigenvalue weighted by Gasteiger charge is -2.17. The lowest BCUT2D eigenvalue weighted by Crippen LogP contribution is -2.35. The highest BCUT2D eigenvalue weighted by Gasteiger charge is 2.13. The molecule has 0 aliphatic carbocycles. The van der Waals surface area contributed by atoms with Gasteiger partial charge in [-0.15, -0.1) is 12.4 Å². The van der Waals surface area contributed by atoms with Gasteiger partial charge in [0.1, 0.15) is 5.76 Å². The first-order chi connectivity index (χ1) is 8.24. The van der Waals surface area contributed by atoms with E-state index >= 15 is 0 Å². The molecule has 1 aromatic rings. The van der Waals surface area contributed by atoms with E-state index in [9.17, 15) is 4.79 Å². The van der Waals surface area contributed by atoms with Crippen LogP contribution in [-0.4, -0.2) is 48.7 Å². The Morgan fingerprint density at radius 1 is 1.56 bits per heavy atom. The summed E-state index contributed by atoms with van der Waals surface area (Å²) in [7, 11) is 0. The molecule has 0 unspecified atom stereocenters. The summed E-state index contributed by atoms with van der Waals surface area (Å²) in [5.74, 6) is 1.14. The highest BCUT2D eigenvalue weighted by atomic mass is 35.5. The Kier molecular flexibility index (Phi) is 6.11. The lowest BCUT2D eigenvalue weighted by atomic mass is 10.4. The number of carbonyl (C=O) groups is 1. The average molecular weight is 275 g/mol. The number of aryl methyl sites for hydroxylation is 1. The zero-order chi connectivity index (χ0) is 12.1. The summed E-state index contributed by atoms with van der Waals surface area (Å²) in [6.45, 7) is 6.04. The number of amides is 1. The van der Waals surface area contributed by atoms with Crippen LogP contribution in [0.25, 0.3) is 0 Å². The Morgan fingerprint density at radius 3 is 3.11 bits per heavy atom. The van der Waals surface area contributed by atoms with E-state index in [1.807, 2.05) is 0 Å². The molecule has 102 valence electrons. The van der Waals surface area contributed by atoms with E-state index in [4.69, 9.17) is 4.52 Å². The molecule has 1 amide bonds. The molecule has 2 rings (SSSR count). The number of halogens is 1. The number of hydrogen-bond acceptors (Lipinski definition) is 5. The molecular weight excluding hydrogens is 256 g/mol. The maximum Gasteiger partial charge on any atom is 0.239 e.